The van der Waals surface area contributed by atoms with E-state index in [4.69, 9.17) is 4.74 Å². The molecule has 2 amide bonds. The Balaban J connectivity index is 1.74. The van der Waals surface area contributed by atoms with E-state index in [1.807, 2.05) is 30.3 Å². The number of amides is 2. The number of nitrogens with zero attached hydrogens (tertiary/aromatic N) is 2. The number of para-hydroxylation sites is 3. The highest BCUT2D eigenvalue weighted by Gasteiger charge is 2.26. The summed E-state index contributed by atoms with van der Waals surface area (Å²) in [5.41, 5.74) is 1.46. The van der Waals surface area contributed by atoms with Gasteiger partial charge in [0.1, 0.15) is 0 Å². The molecule has 32 heavy (non-hydrogen) atoms. The van der Waals surface area contributed by atoms with E-state index in [2.05, 4.69) is 5.32 Å². The molecule has 0 saturated heterocycles. The summed E-state index contributed by atoms with van der Waals surface area (Å²) in [6.45, 7) is 1.86. The van der Waals surface area contributed by atoms with Gasteiger partial charge in [-0.15, -0.1) is 0 Å². The molecule has 0 aliphatic rings. The largest absolute Gasteiger partial charge is 0.474 e. The second-order valence-electron chi connectivity index (χ2n) is 7.07. The van der Waals surface area contributed by atoms with E-state index in [1.165, 1.54) is 37.1 Å². The Morgan fingerprint density at radius 3 is 2.34 bits per heavy atom. The van der Waals surface area contributed by atoms with Crippen LogP contribution in [0.15, 0.2) is 78.9 Å². The molecule has 1 atom stereocenters. The first-order valence-electron chi connectivity index (χ1n) is 9.97. The molecule has 3 aromatic carbocycles. The third-order valence-electron chi connectivity index (χ3n) is 4.85. The smallest absolute Gasteiger partial charge is 0.310 e. The van der Waals surface area contributed by atoms with Crippen LogP contribution in [0.1, 0.15) is 22.8 Å². The lowest BCUT2D eigenvalue weighted by Crippen LogP contribution is -2.39. The summed E-state index contributed by atoms with van der Waals surface area (Å²) in [5.74, 6) is -0.775. The number of hydrogen-bond acceptors (Lipinski definition) is 5. The second-order valence-corrected chi connectivity index (χ2v) is 7.07. The number of nitro groups is 1. The van der Waals surface area contributed by atoms with Crippen LogP contribution in [0, 0.1) is 10.1 Å². The Morgan fingerprint density at radius 1 is 1.00 bits per heavy atom. The first-order chi connectivity index (χ1) is 15.4. The fourth-order valence-corrected chi connectivity index (χ4v) is 3.17. The number of nitro benzene ring substituents is 1. The van der Waals surface area contributed by atoms with Gasteiger partial charge in [-0.05, 0) is 30.7 Å². The molecule has 0 aliphatic carbocycles. The van der Waals surface area contributed by atoms with Gasteiger partial charge in [-0.1, -0.05) is 54.6 Å². The third kappa shape index (κ3) is 5.28. The zero-order valence-electron chi connectivity index (χ0n) is 17.7. The number of hydrogen-bond donors (Lipinski definition) is 1. The summed E-state index contributed by atoms with van der Waals surface area (Å²) in [7, 11) is 1.53. The summed E-state index contributed by atoms with van der Waals surface area (Å²) in [4.78, 5) is 37.7. The zero-order chi connectivity index (χ0) is 23.1. The molecule has 0 heterocycles. The van der Waals surface area contributed by atoms with E-state index < -0.39 is 16.9 Å². The zero-order valence-corrected chi connectivity index (χ0v) is 17.7. The molecule has 3 aromatic rings. The SMILES string of the molecule is CC(Oc1ccccc1[N+](=O)[O-])C(=O)N(C)c1ccccc1C(=O)NCc1ccccc1. The highest BCUT2D eigenvalue weighted by molar-refractivity contribution is 6.05. The van der Waals surface area contributed by atoms with Crippen LogP contribution in [0.25, 0.3) is 0 Å². The highest BCUT2D eigenvalue weighted by Crippen LogP contribution is 2.28. The quantitative estimate of drug-likeness (QED) is 0.428. The third-order valence-corrected chi connectivity index (χ3v) is 4.85. The Morgan fingerprint density at radius 2 is 1.62 bits per heavy atom. The molecule has 0 bridgehead atoms. The summed E-state index contributed by atoms with van der Waals surface area (Å²) in [6, 6.07) is 22.1. The number of anilines is 1. The summed E-state index contributed by atoms with van der Waals surface area (Å²) in [5, 5.41) is 14.1. The number of rotatable bonds is 8. The maximum absolute atomic E-state index is 13.0. The average molecular weight is 433 g/mol. The van der Waals surface area contributed by atoms with Crippen molar-refractivity contribution >= 4 is 23.2 Å². The van der Waals surface area contributed by atoms with Crippen LogP contribution >= 0.6 is 0 Å². The van der Waals surface area contributed by atoms with E-state index in [0.717, 1.165) is 5.56 Å². The Hall–Kier alpha value is -4.20. The van der Waals surface area contributed by atoms with Gasteiger partial charge in [-0.2, -0.15) is 0 Å². The van der Waals surface area contributed by atoms with Crippen molar-refractivity contribution in [3.8, 4) is 5.75 Å². The summed E-state index contributed by atoms with van der Waals surface area (Å²) >= 11 is 0. The fourth-order valence-electron chi connectivity index (χ4n) is 3.17. The van der Waals surface area contributed by atoms with Crippen molar-refractivity contribution < 1.29 is 19.2 Å². The molecule has 3 rings (SSSR count). The lowest BCUT2D eigenvalue weighted by atomic mass is 10.1. The molecule has 0 spiro atoms. The number of benzene rings is 3. The minimum absolute atomic E-state index is 0.000592. The van der Waals surface area contributed by atoms with Gasteiger partial charge in [-0.3, -0.25) is 19.7 Å². The highest BCUT2D eigenvalue weighted by atomic mass is 16.6. The van der Waals surface area contributed by atoms with E-state index in [-0.39, 0.29) is 17.3 Å². The molecule has 1 unspecified atom stereocenters. The molecule has 164 valence electrons. The van der Waals surface area contributed by atoms with E-state index >= 15 is 0 Å². The molecule has 0 radical (unpaired) electrons. The standard InChI is InChI=1S/C24H23N3O5/c1-17(32-22-15-9-8-14-21(22)27(30)31)24(29)26(2)20-13-7-6-12-19(20)23(28)25-16-18-10-4-3-5-11-18/h3-15,17H,16H2,1-2H3,(H,25,28). The van der Waals surface area contributed by atoms with E-state index in [0.29, 0.717) is 17.8 Å². The van der Waals surface area contributed by atoms with Crippen LogP contribution in [0.3, 0.4) is 0 Å². The number of carbonyl (C=O) groups excluding carboxylic acids is 2. The van der Waals surface area contributed by atoms with Gasteiger partial charge in [0, 0.05) is 19.7 Å². The van der Waals surface area contributed by atoms with E-state index in [9.17, 15) is 19.7 Å². The maximum atomic E-state index is 13.0. The van der Waals surface area contributed by atoms with Crippen LogP contribution < -0.4 is 15.0 Å². The Labute approximate surface area is 185 Å². The molecule has 0 fully saturated rings. The minimum Gasteiger partial charge on any atom is -0.474 e. The number of ether oxygens (including phenoxy) is 1. The summed E-state index contributed by atoms with van der Waals surface area (Å²) in [6.07, 6.45) is -1.01. The second kappa shape index (κ2) is 10.2. The van der Waals surface area contributed by atoms with Crippen LogP contribution in [0.5, 0.6) is 5.75 Å². The van der Waals surface area contributed by atoms with Crippen LogP contribution in [0.4, 0.5) is 11.4 Å². The first-order valence-corrected chi connectivity index (χ1v) is 9.97. The van der Waals surface area contributed by atoms with E-state index in [1.54, 1.807) is 30.3 Å². The first kappa shape index (κ1) is 22.5. The van der Waals surface area contributed by atoms with Crippen molar-refractivity contribution in [3.63, 3.8) is 0 Å². The normalized spacial score (nSPS) is 11.3. The van der Waals surface area contributed by atoms with Gasteiger partial charge in [0.2, 0.25) is 0 Å². The minimum atomic E-state index is -1.01. The number of nitrogens with one attached hydrogen (secondary N) is 1. The van der Waals surface area contributed by atoms with Crippen molar-refractivity contribution in [1.29, 1.82) is 0 Å². The molecule has 1 N–H and O–H groups in total. The monoisotopic (exact) mass is 433 g/mol. The molecule has 0 aromatic heterocycles. The molecule has 8 heteroatoms. The summed E-state index contributed by atoms with van der Waals surface area (Å²) < 4.78 is 5.58. The van der Waals surface area contributed by atoms with Gasteiger partial charge < -0.3 is 15.0 Å². The van der Waals surface area contributed by atoms with Gasteiger partial charge in [0.05, 0.1) is 16.2 Å². The number of likely N-dealkylation sites (N-methyl/N-ethyl adjacent to an activating group) is 1. The van der Waals surface area contributed by atoms with Crippen LogP contribution in [0.2, 0.25) is 0 Å². The average Bonchev–Trinajstić information content (AvgIpc) is 2.82. The topological polar surface area (TPSA) is 102 Å². The van der Waals surface area contributed by atoms with Gasteiger partial charge in [-0.25, -0.2) is 0 Å². The molecule has 0 aliphatic heterocycles. The van der Waals surface area contributed by atoms with Crippen molar-refractivity contribution in [2.75, 3.05) is 11.9 Å². The number of carbonyl (C=O) groups is 2. The Bertz CT molecular complexity index is 1120. The van der Waals surface area contributed by atoms with Crippen LogP contribution in [-0.2, 0) is 11.3 Å². The lowest BCUT2D eigenvalue weighted by Gasteiger charge is -2.24. The lowest BCUT2D eigenvalue weighted by molar-refractivity contribution is -0.386. The van der Waals surface area contributed by atoms with Crippen molar-refractivity contribution in [1.82, 2.24) is 5.32 Å². The van der Waals surface area contributed by atoms with Crippen LogP contribution in [-0.4, -0.2) is 29.9 Å². The molecular weight excluding hydrogens is 410 g/mol. The van der Waals surface area contributed by atoms with Crippen molar-refractivity contribution in [3.05, 3.63) is 100 Å². The van der Waals surface area contributed by atoms with Gasteiger partial charge in [0.25, 0.3) is 11.8 Å². The molecule has 0 saturated carbocycles. The van der Waals surface area contributed by atoms with Crippen molar-refractivity contribution in [2.45, 2.75) is 19.6 Å². The fraction of sp³-hybridized carbons (Fsp3) is 0.167. The molecule has 8 nitrogen and oxygen atoms in total. The van der Waals surface area contributed by atoms with Gasteiger partial charge >= 0.3 is 5.69 Å². The Kier molecular flexibility index (Phi) is 7.17. The predicted octanol–water partition coefficient (Wildman–Crippen LogP) is 3.96. The van der Waals surface area contributed by atoms with Crippen molar-refractivity contribution in [2.24, 2.45) is 0 Å². The predicted molar refractivity (Wildman–Crippen MR) is 121 cm³/mol. The van der Waals surface area contributed by atoms with Gasteiger partial charge in [0.15, 0.2) is 11.9 Å². The maximum Gasteiger partial charge on any atom is 0.310 e. The molecular formula is C24H23N3O5.